The normalized spacial score (nSPS) is 24.5. The van der Waals surface area contributed by atoms with Crippen LogP contribution in [0.1, 0.15) is 18.9 Å². The fraction of sp³-hybridized carbons (Fsp3) is 0.500. The first kappa shape index (κ1) is 18.6. The van der Waals surface area contributed by atoms with Crippen LogP contribution < -0.4 is 4.90 Å². The largest absolute Gasteiger partial charge is 0.480 e. The molecule has 2 aliphatic rings. The standard InChI is InChI=1S/C20H23N5O3/c1-12-6-14(19(20(27)28)25-10-15(26)11-25)9-24(8-12)16-3-2-13(7-21)17-18(16)23-5-4-22-17/h2-5,12,14-15,19,26H,6,8-11H2,1H3,(H,27,28)/t12-,14+,19?/m0/s1. The molecule has 2 fully saturated rings. The smallest absolute Gasteiger partial charge is 0.321 e. The van der Waals surface area contributed by atoms with E-state index in [1.807, 2.05) is 11.0 Å². The van der Waals surface area contributed by atoms with Gasteiger partial charge in [-0.25, -0.2) is 0 Å². The van der Waals surface area contributed by atoms with Crippen LogP contribution in [-0.4, -0.2) is 69.4 Å². The Morgan fingerprint density at radius 1 is 1.21 bits per heavy atom. The number of aliphatic hydroxyl groups is 1. The highest BCUT2D eigenvalue weighted by Gasteiger charge is 2.42. The summed E-state index contributed by atoms with van der Waals surface area (Å²) in [5.41, 5.74) is 2.59. The summed E-state index contributed by atoms with van der Waals surface area (Å²) in [6.45, 7) is 4.33. The van der Waals surface area contributed by atoms with Gasteiger partial charge in [-0.1, -0.05) is 6.92 Å². The number of carbonyl (C=O) groups is 1. The number of carboxylic acid groups (broad SMARTS) is 1. The van der Waals surface area contributed by atoms with E-state index in [1.54, 1.807) is 18.5 Å². The lowest BCUT2D eigenvalue weighted by molar-refractivity contribution is -0.151. The van der Waals surface area contributed by atoms with Crippen LogP contribution in [0, 0.1) is 23.2 Å². The van der Waals surface area contributed by atoms with Crippen LogP contribution >= 0.6 is 0 Å². The molecule has 8 nitrogen and oxygen atoms in total. The molecular formula is C20H23N5O3. The quantitative estimate of drug-likeness (QED) is 0.809. The van der Waals surface area contributed by atoms with E-state index >= 15 is 0 Å². The SMILES string of the molecule is C[C@H]1C[C@@H](C(C(=O)O)N2CC(O)C2)CN(c2ccc(C#N)c3nccnc23)C1. The number of carboxylic acids is 1. The molecule has 1 aromatic carbocycles. The second-order valence-corrected chi connectivity index (χ2v) is 7.89. The highest BCUT2D eigenvalue weighted by atomic mass is 16.4. The summed E-state index contributed by atoms with van der Waals surface area (Å²) in [6.07, 6.45) is 3.57. The minimum Gasteiger partial charge on any atom is -0.480 e. The van der Waals surface area contributed by atoms with Gasteiger partial charge in [-0.2, -0.15) is 5.26 Å². The Balaban J connectivity index is 1.67. The van der Waals surface area contributed by atoms with Crippen LogP contribution in [0.3, 0.4) is 0 Å². The summed E-state index contributed by atoms with van der Waals surface area (Å²) in [7, 11) is 0. The molecule has 4 rings (SSSR count). The van der Waals surface area contributed by atoms with Crippen molar-refractivity contribution in [1.82, 2.24) is 14.9 Å². The lowest BCUT2D eigenvalue weighted by Crippen LogP contribution is -2.62. The van der Waals surface area contributed by atoms with Crippen LogP contribution in [0.2, 0.25) is 0 Å². The van der Waals surface area contributed by atoms with E-state index in [0.29, 0.717) is 42.1 Å². The molecule has 2 saturated heterocycles. The zero-order chi connectivity index (χ0) is 19.8. The fourth-order valence-corrected chi connectivity index (χ4v) is 4.58. The van der Waals surface area contributed by atoms with Gasteiger partial charge in [0.2, 0.25) is 0 Å². The first-order chi connectivity index (χ1) is 13.5. The van der Waals surface area contributed by atoms with Crippen molar-refractivity contribution in [3.63, 3.8) is 0 Å². The molecule has 0 bridgehead atoms. The average Bonchev–Trinajstić information content (AvgIpc) is 2.65. The molecular weight excluding hydrogens is 358 g/mol. The number of nitrogens with zero attached hydrogens (tertiary/aromatic N) is 5. The van der Waals surface area contributed by atoms with Crippen molar-refractivity contribution in [2.75, 3.05) is 31.1 Å². The molecule has 3 atom stereocenters. The van der Waals surface area contributed by atoms with E-state index in [-0.39, 0.29) is 5.92 Å². The van der Waals surface area contributed by atoms with Crippen molar-refractivity contribution < 1.29 is 15.0 Å². The number of aliphatic hydroxyl groups excluding tert-OH is 1. The Kier molecular flexibility index (Phi) is 4.87. The van der Waals surface area contributed by atoms with Gasteiger partial charge in [-0.15, -0.1) is 0 Å². The van der Waals surface area contributed by atoms with E-state index in [1.165, 1.54) is 0 Å². The molecule has 8 heteroatoms. The Hall–Kier alpha value is -2.76. The van der Waals surface area contributed by atoms with Gasteiger partial charge < -0.3 is 15.1 Å². The number of rotatable bonds is 4. The van der Waals surface area contributed by atoms with Gasteiger partial charge in [0.25, 0.3) is 0 Å². The van der Waals surface area contributed by atoms with Crippen LogP contribution in [0.5, 0.6) is 0 Å². The summed E-state index contributed by atoms with van der Waals surface area (Å²) in [5, 5.41) is 28.8. The number of aliphatic carboxylic acids is 1. The van der Waals surface area contributed by atoms with E-state index in [0.717, 1.165) is 18.7 Å². The monoisotopic (exact) mass is 381 g/mol. The van der Waals surface area contributed by atoms with Crippen molar-refractivity contribution in [2.45, 2.75) is 25.5 Å². The fourth-order valence-electron chi connectivity index (χ4n) is 4.58. The molecule has 146 valence electrons. The lowest BCUT2D eigenvalue weighted by atomic mass is 9.83. The number of fused-ring (bicyclic) bond motifs is 1. The molecule has 1 aromatic heterocycles. The Morgan fingerprint density at radius 2 is 1.93 bits per heavy atom. The molecule has 0 amide bonds. The predicted octanol–water partition coefficient (Wildman–Crippen LogP) is 1.09. The second-order valence-electron chi connectivity index (χ2n) is 7.89. The first-order valence-corrected chi connectivity index (χ1v) is 9.51. The molecule has 0 radical (unpaired) electrons. The number of hydrogen-bond acceptors (Lipinski definition) is 7. The van der Waals surface area contributed by atoms with Gasteiger partial charge in [0.1, 0.15) is 23.1 Å². The third kappa shape index (κ3) is 3.28. The van der Waals surface area contributed by atoms with Gasteiger partial charge in [0.15, 0.2) is 0 Å². The maximum Gasteiger partial charge on any atom is 0.321 e. The Bertz CT molecular complexity index is 937. The number of piperidine rings is 1. The van der Waals surface area contributed by atoms with E-state index in [4.69, 9.17) is 0 Å². The number of β-amino-alcohol motifs (C(OH)–C–C–N with tert-alkyl or cyclic N) is 1. The van der Waals surface area contributed by atoms with Gasteiger partial charge >= 0.3 is 5.97 Å². The minimum atomic E-state index is -0.838. The molecule has 0 aliphatic carbocycles. The lowest BCUT2D eigenvalue weighted by Gasteiger charge is -2.47. The highest BCUT2D eigenvalue weighted by molar-refractivity contribution is 5.92. The highest BCUT2D eigenvalue weighted by Crippen LogP contribution is 2.34. The molecule has 0 spiro atoms. The molecule has 2 aromatic rings. The molecule has 3 heterocycles. The maximum absolute atomic E-state index is 12.0. The van der Waals surface area contributed by atoms with Crippen LogP contribution in [0.4, 0.5) is 5.69 Å². The summed E-state index contributed by atoms with van der Waals surface area (Å²) in [5.74, 6) is -0.583. The van der Waals surface area contributed by atoms with E-state index in [2.05, 4.69) is 27.9 Å². The van der Waals surface area contributed by atoms with Crippen LogP contribution in [-0.2, 0) is 4.79 Å². The zero-order valence-electron chi connectivity index (χ0n) is 15.7. The van der Waals surface area contributed by atoms with Crippen molar-refractivity contribution in [3.8, 4) is 6.07 Å². The zero-order valence-corrected chi connectivity index (χ0v) is 15.7. The summed E-state index contributed by atoms with van der Waals surface area (Å²) in [4.78, 5) is 24.8. The topological polar surface area (TPSA) is 114 Å². The first-order valence-electron chi connectivity index (χ1n) is 9.51. The summed E-state index contributed by atoms with van der Waals surface area (Å²) < 4.78 is 0. The van der Waals surface area contributed by atoms with Gasteiger partial charge in [-0.05, 0) is 24.5 Å². The van der Waals surface area contributed by atoms with E-state index in [9.17, 15) is 20.3 Å². The molecule has 0 saturated carbocycles. The van der Waals surface area contributed by atoms with Crippen molar-refractivity contribution in [2.24, 2.45) is 11.8 Å². The molecule has 2 N–H and O–H groups in total. The van der Waals surface area contributed by atoms with Crippen molar-refractivity contribution in [1.29, 1.82) is 5.26 Å². The minimum absolute atomic E-state index is 0.0592. The maximum atomic E-state index is 12.0. The van der Waals surface area contributed by atoms with Crippen LogP contribution in [0.25, 0.3) is 11.0 Å². The molecule has 1 unspecified atom stereocenters. The number of likely N-dealkylation sites (tertiary alicyclic amines) is 1. The number of aromatic nitrogens is 2. The summed E-state index contributed by atoms with van der Waals surface area (Å²) in [6, 6.07) is 5.18. The second kappa shape index (κ2) is 7.34. The third-order valence-corrected chi connectivity index (χ3v) is 5.74. The van der Waals surface area contributed by atoms with E-state index < -0.39 is 18.1 Å². The van der Waals surface area contributed by atoms with Gasteiger partial charge in [0.05, 0.1) is 17.4 Å². The van der Waals surface area contributed by atoms with Crippen LogP contribution in [0.15, 0.2) is 24.5 Å². The Morgan fingerprint density at radius 3 is 2.57 bits per heavy atom. The van der Waals surface area contributed by atoms with Gasteiger partial charge in [-0.3, -0.25) is 19.7 Å². The summed E-state index contributed by atoms with van der Waals surface area (Å²) >= 11 is 0. The number of benzene rings is 1. The molecule has 2 aliphatic heterocycles. The van der Waals surface area contributed by atoms with Crippen molar-refractivity contribution in [3.05, 3.63) is 30.1 Å². The predicted molar refractivity (Wildman–Crippen MR) is 103 cm³/mol. The number of anilines is 1. The third-order valence-electron chi connectivity index (χ3n) is 5.74. The number of hydrogen-bond donors (Lipinski definition) is 2. The Labute approximate surface area is 163 Å². The molecule has 28 heavy (non-hydrogen) atoms. The van der Waals surface area contributed by atoms with Gasteiger partial charge in [0, 0.05) is 44.5 Å². The number of nitriles is 1. The average molecular weight is 381 g/mol. The van der Waals surface area contributed by atoms with Crippen molar-refractivity contribution >= 4 is 22.7 Å².